The Balaban J connectivity index is 3.99. The molecule has 0 spiro atoms. The van der Waals surface area contributed by atoms with E-state index >= 15 is 0 Å². The summed E-state index contributed by atoms with van der Waals surface area (Å²) >= 11 is 0. The van der Waals surface area contributed by atoms with E-state index in [1.807, 2.05) is 6.08 Å². The van der Waals surface area contributed by atoms with Crippen LogP contribution in [0.3, 0.4) is 0 Å². The molecular formula is C11H18. The molecule has 0 radical (unpaired) electrons. The van der Waals surface area contributed by atoms with Crippen LogP contribution in [0.25, 0.3) is 0 Å². The molecule has 62 valence electrons. The van der Waals surface area contributed by atoms with Crippen LogP contribution in [0.15, 0.2) is 36.0 Å². The number of rotatable bonds is 4. The van der Waals surface area contributed by atoms with Crippen LogP contribution in [0.2, 0.25) is 0 Å². The summed E-state index contributed by atoms with van der Waals surface area (Å²) in [5, 5.41) is 0. The van der Waals surface area contributed by atoms with E-state index < -0.39 is 0 Å². The van der Waals surface area contributed by atoms with Gasteiger partial charge in [0, 0.05) is 0 Å². The first kappa shape index (κ1) is 10.2. The van der Waals surface area contributed by atoms with E-state index in [2.05, 4.69) is 39.5 Å². The summed E-state index contributed by atoms with van der Waals surface area (Å²) in [6.45, 7) is 10.0. The lowest BCUT2D eigenvalue weighted by molar-refractivity contribution is 1.03. The molecule has 0 saturated heterocycles. The van der Waals surface area contributed by atoms with Gasteiger partial charge in [0.25, 0.3) is 0 Å². The quantitative estimate of drug-likeness (QED) is 0.534. The molecule has 0 aliphatic rings. The molecule has 0 saturated carbocycles. The van der Waals surface area contributed by atoms with Crippen molar-refractivity contribution < 1.29 is 0 Å². The van der Waals surface area contributed by atoms with Gasteiger partial charge in [-0.3, -0.25) is 0 Å². The van der Waals surface area contributed by atoms with Gasteiger partial charge in [-0.15, -0.1) is 6.58 Å². The molecule has 0 bridgehead atoms. The predicted molar refractivity (Wildman–Crippen MR) is 52.6 cm³/mol. The molecule has 0 heterocycles. The van der Waals surface area contributed by atoms with E-state index in [1.54, 1.807) is 0 Å². The highest BCUT2D eigenvalue weighted by atomic mass is 14.0. The minimum atomic E-state index is 1.02. The van der Waals surface area contributed by atoms with Crippen molar-refractivity contribution in [2.45, 2.75) is 33.6 Å². The van der Waals surface area contributed by atoms with Gasteiger partial charge in [0.05, 0.1) is 0 Å². The SMILES string of the molecule is C=CCC(=CC)CC(C)=CC. The van der Waals surface area contributed by atoms with E-state index in [0.29, 0.717) is 0 Å². The van der Waals surface area contributed by atoms with Crippen LogP contribution in [0, 0.1) is 0 Å². The molecule has 0 aliphatic heterocycles. The summed E-state index contributed by atoms with van der Waals surface area (Å²) in [5.74, 6) is 0. The summed E-state index contributed by atoms with van der Waals surface area (Å²) < 4.78 is 0. The summed E-state index contributed by atoms with van der Waals surface area (Å²) in [4.78, 5) is 0. The van der Waals surface area contributed by atoms with Crippen molar-refractivity contribution in [3.63, 3.8) is 0 Å². The van der Waals surface area contributed by atoms with Gasteiger partial charge in [0.1, 0.15) is 0 Å². The fourth-order valence-corrected chi connectivity index (χ4v) is 0.938. The van der Waals surface area contributed by atoms with Gasteiger partial charge < -0.3 is 0 Å². The molecule has 0 heteroatoms. The third-order valence-electron chi connectivity index (χ3n) is 1.81. The van der Waals surface area contributed by atoms with Gasteiger partial charge in [0.2, 0.25) is 0 Å². The minimum absolute atomic E-state index is 1.02. The Labute approximate surface area is 70.3 Å². The monoisotopic (exact) mass is 150 g/mol. The maximum atomic E-state index is 3.72. The van der Waals surface area contributed by atoms with E-state index in [0.717, 1.165) is 12.8 Å². The van der Waals surface area contributed by atoms with Gasteiger partial charge >= 0.3 is 0 Å². The third kappa shape index (κ3) is 4.60. The molecule has 0 aromatic carbocycles. The first-order chi connectivity index (χ1) is 5.24. The molecule has 0 aliphatic carbocycles. The zero-order valence-electron chi connectivity index (χ0n) is 7.85. The molecule has 0 N–H and O–H groups in total. The predicted octanol–water partition coefficient (Wildman–Crippen LogP) is 3.87. The molecular weight excluding hydrogens is 132 g/mol. The summed E-state index contributed by atoms with van der Waals surface area (Å²) in [6.07, 6.45) is 8.40. The maximum absolute atomic E-state index is 3.72. The molecule has 0 atom stereocenters. The van der Waals surface area contributed by atoms with Gasteiger partial charge in [-0.05, 0) is 33.6 Å². The van der Waals surface area contributed by atoms with Crippen molar-refractivity contribution in [2.75, 3.05) is 0 Å². The lowest BCUT2D eigenvalue weighted by atomic mass is 10.0. The summed E-state index contributed by atoms with van der Waals surface area (Å²) in [7, 11) is 0. The molecule has 0 amide bonds. The van der Waals surface area contributed by atoms with E-state index in [1.165, 1.54) is 11.1 Å². The molecule has 0 rings (SSSR count). The highest BCUT2D eigenvalue weighted by Crippen LogP contribution is 2.13. The first-order valence-electron chi connectivity index (χ1n) is 4.11. The Kier molecular flexibility index (Phi) is 5.54. The Morgan fingerprint density at radius 2 is 1.91 bits per heavy atom. The second-order valence-electron chi connectivity index (χ2n) is 2.75. The molecule has 0 nitrogen and oxygen atoms in total. The van der Waals surface area contributed by atoms with Crippen LogP contribution in [0.4, 0.5) is 0 Å². The van der Waals surface area contributed by atoms with E-state index in [9.17, 15) is 0 Å². The number of hydrogen-bond donors (Lipinski definition) is 0. The molecule has 11 heavy (non-hydrogen) atoms. The summed E-state index contributed by atoms with van der Waals surface area (Å²) in [6, 6.07) is 0. The lowest BCUT2D eigenvalue weighted by Crippen LogP contribution is -1.82. The summed E-state index contributed by atoms with van der Waals surface area (Å²) in [5.41, 5.74) is 2.88. The Hall–Kier alpha value is -0.780. The second-order valence-corrected chi connectivity index (χ2v) is 2.75. The Morgan fingerprint density at radius 3 is 2.27 bits per heavy atom. The first-order valence-corrected chi connectivity index (χ1v) is 4.11. The zero-order chi connectivity index (χ0) is 8.69. The fraction of sp³-hybridized carbons (Fsp3) is 0.455. The largest absolute Gasteiger partial charge is 0.103 e. The van der Waals surface area contributed by atoms with Crippen molar-refractivity contribution in [3.05, 3.63) is 36.0 Å². The van der Waals surface area contributed by atoms with Gasteiger partial charge in [-0.25, -0.2) is 0 Å². The van der Waals surface area contributed by atoms with Crippen LogP contribution >= 0.6 is 0 Å². The number of allylic oxidation sites excluding steroid dienone is 5. The fourth-order valence-electron chi connectivity index (χ4n) is 0.938. The van der Waals surface area contributed by atoms with Crippen LogP contribution in [0.1, 0.15) is 33.6 Å². The van der Waals surface area contributed by atoms with Crippen molar-refractivity contribution >= 4 is 0 Å². The van der Waals surface area contributed by atoms with E-state index in [4.69, 9.17) is 0 Å². The highest BCUT2D eigenvalue weighted by molar-refractivity contribution is 5.14. The van der Waals surface area contributed by atoms with Gasteiger partial charge in [-0.1, -0.05) is 29.4 Å². The van der Waals surface area contributed by atoms with Crippen LogP contribution in [0.5, 0.6) is 0 Å². The Bertz CT molecular complexity index is 170. The van der Waals surface area contributed by atoms with Crippen molar-refractivity contribution in [3.8, 4) is 0 Å². The molecule has 0 fully saturated rings. The minimum Gasteiger partial charge on any atom is -0.103 e. The Morgan fingerprint density at radius 1 is 1.27 bits per heavy atom. The number of hydrogen-bond acceptors (Lipinski definition) is 0. The average Bonchev–Trinajstić information content (AvgIpc) is 2.03. The van der Waals surface area contributed by atoms with Crippen molar-refractivity contribution in [1.82, 2.24) is 0 Å². The van der Waals surface area contributed by atoms with Crippen molar-refractivity contribution in [2.24, 2.45) is 0 Å². The second kappa shape index (κ2) is 5.96. The van der Waals surface area contributed by atoms with Crippen molar-refractivity contribution in [1.29, 1.82) is 0 Å². The lowest BCUT2D eigenvalue weighted by Gasteiger charge is -2.02. The maximum Gasteiger partial charge on any atom is -0.0108 e. The van der Waals surface area contributed by atoms with Crippen LogP contribution < -0.4 is 0 Å². The van der Waals surface area contributed by atoms with Gasteiger partial charge in [0.15, 0.2) is 0 Å². The average molecular weight is 150 g/mol. The topological polar surface area (TPSA) is 0 Å². The smallest absolute Gasteiger partial charge is 0.0108 e. The normalized spacial score (nSPS) is 13.4. The molecule has 0 aromatic heterocycles. The van der Waals surface area contributed by atoms with Crippen LogP contribution in [-0.4, -0.2) is 0 Å². The molecule has 0 unspecified atom stereocenters. The van der Waals surface area contributed by atoms with Crippen LogP contribution in [-0.2, 0) is 0 Å². The highest BCUT2D eigenvalue weighted by Gasteiger charge is 1.93. The molecule has 0 aromatic rings. The third-order valence-corrected chi connectivity index (χ3v) is 1.81. The van der Waals surface area contributed by atoms with E-state index in [-0.39, 0.29) is 0 Å². The van der Waals surface area contributed by atoms with Gasteiger partial charge in [-0.2, -0.15) is 0 Å². The zero-order valence-corrected chi connectivity index (χ0v) is 7.85. The standard InChI is InChI=1S/C11H18/c1-5-8-11(7-3)9-10(4)6-2/h5-7H,1,8-9H2,2-4H3.